The molecule has 21 heavy (non-hydrogen) atoms. The third-order valence-corrected chi connectivity index (χ3v) is 2.97. The molecule has 0 bridgehead atoms. The van der Waals surface area contributed by atoms with Gasteiger partial charge < -0.3 is 10.1 Å². The van der Waals surface area contributed by atoms with E-state index in [1.165, 1.54) is 0 Å². The first-order valence-corrected chi connectivity index (χ1v) is 7.12. The molecule has 0 aliphatic carbocycles. The van der Waals surface area contributed by atoms with Crippen molar-refractivity contribution in [2.45, 2.75) is 20.6 Å². The smallest absolute Gasteiger partial charge is 0.271 e. The molecular formula is C15H18ClN3O2. The predicted molar refractivity (Wildman–Crippen MR) is 81.5 cm³/mol. The van der Waals surface area contributed by atoms with Crippen LogP contribution in [0.1, 0.15) is 24.3 Å². The summed E-state index contributed by atoms with van der Waals surface area (Å²) in [4.78, 5) is 11.8. The summed E-state index contributed by atoms with van der Waals surface area (Å²) in [6, 6.07) is 8.74. The Kier molecular flexibility index (Phi) is 5.22. The lowest BCUT2D eigenvalue weighted by Crippen LogP contribution is -2.27. The number of hydrogen-bond donors (Lipinski definition) is 1. The van der Waals surface area contributed by atoms with E-state index < -0.39 is 0 Å². The van der Waals surface area contributed by atoms with Crippen molar-refractivity contribution < 1.29 is 9.53 Å². The molecule has 6 heteroatoms. The molecule has 0 aliphatic heterocycles. The molecule has 1 N–H and O–H groups in total. The molecule has 5 nitrogen and oxygen atoms in total. The number of carbonyl (C=O) groups is 1. The highest BCUT2D eigenvalue weighted by Crippen LogP contribution is 2.15. The van der Waals surface area contributed by atoms with E-state index in [-0.39, 0.29) is 12.6 Å². The molecule has 0 aliphatic rings. The summed E-state index contributed by atoms with van der Waals surface area (Å²) in [7, 11) is 0. The summed E-state index contributed by atoms with van der Waals surface area (Å²) in [5.41, 5.74) is 0.385. The number of benzene rings is 1. The van der Waals surface area contributed by atoms with Crippen molar-refractivity contribution in [3.63, 3.8) is 0 Å². The quantitative estimate of drug-likeness (QED) is 0.892. The second-order valence-corrected chi connectivity index (χ2v) is 5.51. The molecule has 0 unspecified atom stereocenters. The minimum absolute atomic E-state index is 0.172. The lowest BCUT2D eigenvalue weighted by molar-refractivity contribution is 0.0942. The van der Waals surface area contributed by atoms with Gasteiger partial charge in [0.15, 0.2) is 6.73 Å². The summed E-state index contributed by atoms with van der Waals surface area (Å²) < 4.78 is 7.12. The van der Waals surface area contributed by atoms with Gasteiger partial charge in [-0.1, -0.05) is 25.4 Å². The van der Waals surface area contributed by atoms with E-state index in [9.17, 15) is 4.79 Å². The van der Waals surface area contributed by atoms with Gasteiger partial charge in [-0.2, -0.15) is 5.10 Å². The molecule has 2 aromatic rings. The molecule has 1 aromatic carbocycles. The molecule has 0 fully saturated rings. The van der Waals surface area contributed by atoms with Crippen molar-refractivity contribution in [1.82, 2.24) is 15.1 Å². The number of rotatable bonds is 6. The van der Waals surface area contributed by atoms with Gasteiger partial charge in [-0.25, -0.2) is 4.68 Å². The predicted octanol–water partition coefficient (Wildman–Crippen LogP) is 2.96. The summed E-state index contributed by atoms with van der Waals surface area (Å²) in [5.74, 6) is 0.930. The van der Waals surface area contributed by atoms with Crippen molar-refractivity contribution in [2.24, 2.45) is 5.92 Å². The van der Waals surface area contributed by atoms with Crippen LogP contribution in [0.5, 0.6) is 5.75 Å². The van der Waals surface area contributed by atoms with Crippen LogP contribution in [0.4, 0.5) is 0 Å². The van der Waals surface area contributed by atoms with E-state index in [0.29, 0.717) is 28.9 Å². The first-order valence-electron chi connectivity index (χ1n) is 6.74. The van der Waals surface area contributed by atoms with Crippen LogP contribution in [0.2, 0.25) is 5.02 Å². The van der Waals surface area contributed by atoms with Crippen LogP contribution < -0.4 is 10.1 Å². The summed E-state index contributed by atoms with van der Waals surface area (Å²) in [5, 5.41) is 7.65. The number of nitrogens with zero attached hydrogens (tertiary/aromatic N) is 2. The van der Waals surface area contributed by atoms with Crippen molar-refractivity contribution in [3.05, 3.63) is 47.2 Å². The van der Waals surface area contributed by atoms with Crippen molar-refractivity contribution >= 4 is 17.5 Å². The van der Waals surface area contributed by atoms with Gasteiger partial charge in [-0.3, -0.25) is 4.79 Å². The van der Waals surface area contributed by atoms with Crippen LogP contribution in [0, 0.1) is 5.92 Å². The van der Waals surface area contributed by atoms with Crippen LogP contribution in [0.15, 0.2) is 36.5 Å². The molecule has 0 radical (unpaired) electrons. The van der Waals surface area contributed by atoms with E-state index in [0.717, 1.165) is 0 Å². The van der Waals surface area contributed by atoms with Gasteiger partial charge in [-0.05, 0) is 36.2 Å². The first kappa shape index (κ1) is 15.4. The molecule has 1 aromatic heterocycles. The van der Waals surface area contributed by atoms with Crippen LogP contribution in [-0.4, -0.2) is 22.2 Å². The van der Waals surface area contributed by atoms with E-state index in [2.05, 4.69) is 10.4 Å². The van der Waals surface area contributed by atoms with E-state index in [1.54, 1.807) is 41.2 Å². The number of carbonyl (C=O) groups excluding carboxylic acids is 1. The number of nitrogens with one attached hydrogen (secondary N) is 1. The highest BCUT2D eigenvalue weighted by Gasteiger charge is 2.09. The maximum absolute atomic E-state index is 11.8. The lowest BCUT2D eigenvalue weighted by Gasteiger charge is -2.07. The van der Waals surface area contributed by atoms with Crippen LogP contribution >= 0.6 is 11.6 Å². The van der Waals surface area contributed by atoms with Gasteiger partial charge in [0.05, 0.1) is 0 Å². The summed E-state index contributed by atoms with van der Waals surface area (Å²) in [6.45, 7) is 4.95. The van der Waals surface area contributed by atoms with Crippen LogP contribution in [0.25, 0.3) is 0 Å². The second kappa shape index (κ2) is 7.13. The fourth-order valence-electron chi connectivity index (χ4n) is 1.61. The van der Waals surface area contributed by atoms with Gasteiger partial charge in [0.25, 0.3) is 5.91 Å². The highest BCUT2D eigenvalue weighted by molar-refractivity contribution is 6.30. The molecule has 0 atom stereocenters. The Bertz CT molecular complexity index is 593. The zero-order valence-electron chi connectivity index (χ0n) is 12.0. The zero-order valence-corrected chi connectivity index (χ0v) is 12.8. The van der Waals surface area contributed by atoms with Crippen molar-refractivity contribution in [2.75, 3.05) is 6.54 Å². The molecule has 2 rings (SSSR count). The largest absolute Gasteiger partial charge is 0.471 e. The number of halogens is 1. The van der Waals surface area contributed by atoms with Gasteiger partial charge in [-0.15, -0.1) is 0 Å². The minimum atomic E-state index is -0.172. The molecular weight excluding hydrogens is 290 g/mol. The number of ether oxygens (including phenoxy) is 1. The molecule has 1 heterocycles. The Morgan fingerprint density at radius 3 is 2.71 bits per heavy atom. The SMILES string of the molecule is CC(C)CNC(=O)c1ccn(COc2ccc(Cl)cc2)n1. The molecule has 112 valence electrons. The fourth-order valence-corrected chi connectivity index (χ4v) is 1.74. The standard InChI is InChI=1S/C15H18ClN3O2/c1-11(2)9-17-15(20)14-7-8-19(18-14)10-21-13-5-3-12(16)4-6-13/h3-8,11H,9-10H2,1-2H3,(H,17,20). The molecule has 0 saturated heterocycles. The summed E-state index contributed by atoms with van der Waals surface area (Å²) >= 11 is 5.80. The lowest BCUT2D eigenvalue weighted by atomic mass is 10.2. The maximum atomic E-state index is 11.8. The van der Waals surface area contributed by atoms with Crippen LogP contribution in [-0.2, 0) is 6.73 Å². The van der Waals surface area contributed by atoms with Gasteiger partial charge >= 0.3 is 0 Å². The van der Waals surface area contributed by atoms with E-state index in [1.807, 2.05) is 13.8 Å². The van der Waals surface area contributed by atoms with E-state index in [4.69, 9.17) is 16.3 Å². The van der Waals surface area contributed by atoms with Crippen LogP contribution in [0.3, 0.4) is 0 Å². The first-order chi connectivity index (χ1) is 10.0. The van der Waals surface area contributed by atoms with Gasteiger partial charge in [0.1, 0.15) is 11.4 Å². The monoisotopic (exact) mass is 307 g/mol. The Hall–Kier alpha value is -2.01. The third kappa shape index (κ3) is 4.79. The van der Waals surface area contributed by atoms with Gasteiger partial charge in [0, 0.05) is 17.8 Å². The topological polar surface area (TPSA) is 56.2 Å². The highest BCUT2D eigenvalue weighted by atomic mass is 35.5. The second-order valence-electron chi connectivity index (χ2n) is 5.07. The Morgan fingerprint density at radius 1 is 1.33 bits per heavy atom. The number of hydrogen-bond acceptors (Lipinski definition) is 3. The van der Waals surface area contributed by atoms with Crippen molar-refractivity contribution in [1.29, 1.82) is 0 Å². The van der Waals surface area contributed by atoms with E-state index >= 15 is 0 Å². The average Bonchev–Trinajstić information content (AvgIpc) is 2.93. The normalized spacial score (nSPS) is 10.7. The number of amides is 1. The molecule has 0 saturated carbocycles. The fraction of sp³-hybridized carbons (Fsp3) is 0.333. The Labute approximate surface area is 128 Å². The zero-order chi connectivity index (χ0) is 15.2. The average molecular weight is 308 g/mol. The minimum Gasteiger partial charge on any atom is -0.471 e. The summed E-state index contributed by atoms with van der Waals surface area (Å²) in [6.07, 6.45) is 1.71. The number of aromatic nitrogens is 2. The van der Waals surface area contributed by atoms with Gasteiger partial charge in [0.2, 0.25) is 0 Å². The molecule has 1 amide bonds. The molecule has 0 spiro atoms. The third-order valence-electron chi connectivity index (χ3n) is 2.72. The Morgan fingerprint density at radius 2 is 2.05 bits per heavy atom. The Balaban J connectivity index is 1.88. The maximum Gasteiger partial charge on any atom is 0.271 e. The van der Waals surface area contributed by atoms with Crippen molar-refractivity contribution in [3.8, 4) is 5.75 Å².